The Morgan fingerprint density at radius 2 is 2.40 bits per heavy atom. The number of aromatic nitrogens is 1. The van der Waals surface area contributed by atoms with Crippen LogP contribution >= 0.6 is 11.6 Å². The summed E-state index contributed by atoms with van der Waals surface area (Å²) in [7, 11) is 0. The van der Waals surface area contributed by atoms with Crippen LogP contribution in [0.3, 0.4) is 0 Å². The predicted molar refractivity (Wildman–Crippen MR) is 59.3 cm³/mol. The maximum Gasteiger partial charge on any atom is 0.312 e. The maximum atomic E-state index is 10.7. The Balaban J connectivity index is 3.01. The molecule has 1 aromatic rings. The van der Waals surface area contributed by atoms with E-state index in [2.05, 4.69) is 10.3 Å². The molecule has 0 aliphatic carbocycles. The quantitative estimate of drug-likeness (QED) is 0.637. The minimum atomic E-state index is -0.496. The molecule has 6 heteroatoms. The van der Waals surface area contributed by atoms with Gasteiger partial charge < -0.3 is 5.32 Å². The van der Waals surface area contributed by atoms with Crippen LogP contribution in [0.15, 0.2) is 12.3 Å². The molecule has 0 aliphatic heterocycles. The number of nitrogens with one attached hydrogen (secondary N) is 1. The van der Waals surface area contributed by atoms with Crippen molar-refractivity contribution in [2.75, 3.05) is 5.32 Å². The van der Waals surface area contributed by atoms with Crippen LogP contribution in [0, 0.1) is 10.1 Å². The highest BCUT2D eigenvalue weighted by Crippen LogP contribution is 2.25. The molecule has 1 atom stereocenters. The lowest BCUT2D eigenvalue weighted by Gasteiger charge is -2.11. The van der Waals surface area contributed by atoms with Crippen LogP contribution in [0.25, 0.3) is 0 Å². The standard InChI is InChI=1S/C9H12ClN3O2/c1-3-6(2)12-9-8(13(14)15)4-7(10)5-11-9/h4-6H,3H2,1-2H3,(H,11,12). The highest BCUT2D eigenvalue weighted by molar-refractivity contribution is 6.30. The van der Waals surface area contributed by atoms with Gasteiger partial charge in [0.1, 0.15) is 0 Å². The van der Waals surface area contributed by atoms with Gasteiger partial charge >= 0.3 is 5.69 Å². The highest BCUT2D eigenvalue weighted by atomic mass is 35.5. The molecule has 1 unspecified atom stereocenters. The maximum absolute atomic E-state index is 10.7. The molecule has 15 heavy (non-hydrogen) atoms. The van der Waals surface area contributed by atoms with Crippen LogP contribution in [0.5, 0.6) is 0 Å². The number of halogens is 1. The second-order valence-electron chi connectivity index (χ2n) is 3.23. The molecule has 1 heterocycles. The van der Waals surface area contributed by atoms with E-state index >= 15 is 0 Å². The fourth-order valence-corrected chi connectivity index (χ4v) is 1.17. The van der Waals surface area contributed by atoms with Crippen molar-refractivity contribution in [2.24, 2.45) is 0 Å². The van der Waals surface area contributed by atoms with E-state index in [9.17, 15) is 10.1 Å². The fraction of sp³-hybridized carbons (Fsp3) is 0.444. The Morgan fingerprint density at radius 1 is 1.73 bits per heavy atom. The van der Waals surface area contributed by atoms with Gasteiger partial charge in [0.15, 0.2) is 0 Å². The molecule has 1 rings (SSSR count). The average molecular weight is 230 g/mol. The van der Waals surface area contributed by atoms with Gasteiger partial charge in [0.25, 0.3) is 0 Å². The third kappa shape index (κ3) is 3.06. The average Bonchev–Trinajstić information content (AvgIpc) is 2.20. The highest BCUT2D eigenvalue weighted by Gasteiger charge is 2.16. The molecule has 0 saturated carbocycles. The van der Waals surface area contributed by atoms with Crippen molar-refractivity contribution in [1.29, 1.82) is 0 Å². The van der Waals surface area contributed by atoms with Crippen LogP contribution < -0.4 is 5.32 Å². The van der Waals surface area contributed by atoms with E-state index in [0.717, 1.165) is 6.42 Å². The van der Waals surface area contributed by atoms with E-state index in [4.69, 9.17) is 11.6 Å². The first-order valence-electron chi connectivity index (χ1n) is 4.61. The first kappa shape index (κ1) is 11.7. The number of rotatable bonds is 4. The second-order valence-corrected chi connectivity index (χ2v) is 3.67. The number of hydrogen-bond acceptors (Lipinski definition) is 4. The Kier molecular flexibility index (Phi) is 3.85. The van der Waals surface area contributed by atoms with Gasteiger partial charge in [-0.05, 0) is 13.3 Å². The third-order valence-electron chi connectivity index (χ3n) is 2.03. The zero-order valence-electron chi connectivity index (χ0n) is 8.53. The molecule has 1 aromatic heterocycles. The van der Waals surface area contributed by atoms with Crippen molar-refractivity contribution in [3.05, 3.63) is 27.4 Å². The van der Waals surface area contributed by atoms with Crippen molar-refractivity contribution in [1.82, 2.24) is 4.98 Å². The zero-order valence-corrected chi connectivity index (χ0v) is 9.28. The molecule has 0 spiro atoms. The van der Waals surface area contributed by atoms with Gasteiger partial charge in [-0.2, -0.15) is 0 Å². The third-order valence-corrected chi connectivity index (χ3v) is 2.23. The summed E-state index contributed by atoms with van der Waals surface area (Å²) in [6.07, 6.45) is 2.25. The first-order valence-corrected chi connectivity index (χ1v) is 4.98. The number of anilines is 1. The normalized spacial score (nSPS) is 12.2. The molecule has 0 amide bonds. The number of nitro groups is 1. The van der Waals surface area contributed by atoms with Crippen molar-refractivity contribution >= 4 is 23.1 Å². The van der Waals surface area contributed by atoms with Crippen molar-refractivity contribution in [3.8, 4) is 0 Å². The number of hydrogen-bond donors (Lipinski definition) is 1. The minimum absolute atomic E-state index is 0.0946. The van der Waals surface area contributed by atoms with Crippen LogP contribution in [0.4, 0.5) is 11.5 Å². The predicted octanol–water partition coefficient (Wildman–Crippen LogP) is 2.85. The van der Waals surface area contributed by atoms with Crippen LogP contribution in [0.1, 0.15) is 20.3 Å². The Hall–Kier alpha value is -1.36. The van der Waals surface area contributed by atoms with Crippen LogP contribution in [-0.4, -0.2) is 15.9 Å². The number of nitrogens with zero attached hydrogens (tertiary/aromatic N) is 2. The fourth-order valence-electron chi connectivity index (χ4n) is 1.01. The smallest absolute Gasteiger partial charge is 0.312 e. The summed E-state index contributed by atoms with van der Waals surface area (Å²) in [5.41, 5.74) is -0.0946. The summed E-state index contributed by atoms with van der Waals surface area (Å²) in [4.78, 5) is 14.1. The molecule has 5 nitrogen and oxygen atoms in total. The van der Waals surface area contributed by atoms with Gasteiger partial charge in [0.05, 0.1) is 9.95 Å². The summed E-state index contributed by atoms with van der Waals surface area (Å²) >= 11 is 5.64. The molecule has 0 saturated heterocycles. The van der Waals surface area contributed by atoms with Gasteiger partial charge in [0, 0.05) is 18.3 Å². The first-order chi connectivity index (χ1) is 7.04. The summed E-state index contributed by atoms with van der Waals surface area (Å²) in [5.74, 6) is 0.263. The molecule has 82 valence electrons. The Morgan fingerprint density at radius 3 is 2.93 bits per heavy atom. The number of pyridine rings is 1. The van der Waals surface area contributed by atoms with E-state index in [1.807, 2.05) is 13.8 Å². The van der Waals surface area contributed by atoms with E-state index in [1.165, 1.54) is 12.3 Å². The SMILES string of the molecule is CCC(C)Nc1ncc(Cl)cc1[N+](=O)[O-]. The van der Waals surface area contributed by atoms with E-state index in [0.29, 0.717) is 0 Å². The van der Waals surface area contributed by atoms with Crippen molar-refractivity contribution in [2.45, 2.75) is 26.3 Å². The van der Waals surface area contributed by atoms with Crippen LogP contribution in [0.2, 0.25) is 5.02 Å². The summed E-state index contributed by atoms with van der Waals surface area (Å²) in [5, 5.41) is 13.9. The van der Waals surface area contributed by atoms with Gasteiger partial charge in [-0.15, -0.1) is 0 Å². The molecule has 0 aromatic carbocycles. The van der Waals surface area contributed by atoms with Gasteiger partial charge in [-0.3, -0.25) is 10.1 Å². The molecule has 0 bridgehead atoms. The van der Waals surface area contributed by atoms with Gasteiger partial charge in [-0.1, -0.05) is 18.5 Å². The molecular weight excluding hydrogens is 218 g/mol. The molecule has 1 N–H and O–H groups in total. The van der Waals surface area contributed by atoms with Gasteiger partial charge in [-0.25, -0.2) is 4.98 Å². The Bertz CT molecular complexity index is 370. The van der Waals surface area contributed by atoms with E-state index < -0.39 is 4.92 Å². The van der Waals surface area contributed by atoms with Crippen molar-refractivity contribution < 1.29 is 4.92 Å². The Labute approximate surface area is 92.6 Å². The summed E-state index contributed by atoms with van der Waals surface area (Å²) in [6.45, 7) is 3.92. The lowest BCUT2D eigenvalue weighted by Crippen LogP contribution is -2.15. The second kappa shape index (κ2) is 4.93. The van der Waals surface area contributed by atoms with E-state index in [1.54, 1.807) is 0 Å². The minimum Gasteiger partial charge on any atom is -0.362 e. The lowest BCUT2D eigenvalue weighted by molar-refractivity contribution is -0.384. The van der Waals surface area contributed by atoms with Gasteiger partial charge in [0.2, 0.25) is 5.82 Å². The topological polar surface area (TPSA) is 68.1 Å². The van der Waals surface area contributed by atoms with Crippen molar-refractivity contribution in [3.63, 3.8) is 0 Å². The zero-order chi connectivity index (χ0) is 11.4. The van der Waals surface area contributed by atoms with E-state index in [-0.39, 0.29) is 22.6 Å². The monoisotopic (exact) mass is 229 g/mol. The summed E-state index contributed by atoms with van der Waals surface area (Å²) < 4.78 is 0. The molecular formula is C9H12ClN3O2. The summed E-state index contributed by atoms with van der Waals surface area (Å²) in [6, 6.07) is 1.43. The molecule has 0 aliphatic rings. The molecule has 0 fully saturated rings. The lowest BCUT2D eigenvalue weighted by atomic mass is 10.2. The van der Waals surface area contributed by atoms with Crippen LogP contribution in [-0.2, 0) is 0 Å². The largest absolute Gasteiger partial charge is 0.362 e. The molecule has 0 radical (unpaired) electrons.